The summed E-state index contributed by atoms with van der Waals surface area (Å²) in [4.78, 5) is 1.94. The van der Waals surface area contributed by atoms with Gasteiger partial charge < -0.3 is 15.3 Å². The summed E-state index contributed by atoms with van der Waals surface area (Å²) in [6.45, 7) is 0.423. The van der Waals surface area contributed by atoms with Crippen LogP contribution >= 0.6 is 23.2 Å². The first kappa shape index (κ1) is 14.8. The number of para-hydroxylation sites is 1. The van der Waals surface area contributed by atoms with E-state index in [1.165, 1.54) is 0 Å². The molecule has 0 aromatic heterocycles. The molecule has 2 rings (SSSR count). The van der Waals surface area contributed by atoms with Gasteiger partial charge in [0, 0.05) is 31.2 Å². The fourth-order valence-corrected chi connectivity index (χ4v) is 2.60. The Morgan fingerprint density at radius 1 is 1.05 bits per heavy atom. The highest BCUT2D eigenvalue weighted by molar-refractivity contribution is 6.34. The van der Waals surface area contributed by atoms with Crippen molar-refractivity contribution in [2.24, 2.45) is 0 Å². The smallest absolute Gasteiger partial charge is 0.122 e. The summed E-state index contributed by atoms with van der Waals surface area (Å²) < 4.78 is 0. The Morgan fingerprint density at radius 2 is 1.70 bits per heavy atom. The van der Waals surface area contributed by atoms with E-state index in [-0.39, 0.29) is 5.75 Å². The maximum absolute atomic E-state index is 9.84. The van der Waals surface area contributed by atoms with Crippen LogP contribution in [-0.2, 0) is 6.54 Å². The van der Waals surface area contributed by atoms with Gasteiger partial charge in [-0.1, -0.05) is 35.3 Å². The Balaban J connectivity index is 2.26. The first-order valence-corrected chi connectivity index (χ1v) is 6.92. The topological polar surface area (TPSA) is 35.5 Å². The van der Waals surface area contributed by atoms with Crippen LogP contribution < -0.4 is 10.2 Å². The summed E-state index contributed by atoms with van der Waals surface area (Å²) in [5, 5.41) is 14.3. The highest BCUT2D eigenvalue weighted by Gasteiger charge is 2.11. The molecule has 2 N–H and O–H groups in total. The van der Waals surface area contributed by atoms with Gasteiger partial charge in [0.25, 0.3) is 0 Å². The summed E-state index contributed by atoms with van der Waals surface area (Å²) in [7, 11) is 3.86. The Bertz CT molecular complexity index is 595. The van der Waals surface area contributed by atoms with Crippen molar-refractivity contribution in [2.45, 2.75) is 6.54 Å². The number of anilines is 2. The molecule has 0 spiro atoms. The average molecular weight is 311 g/mol. The third-order valence-corrected chi connectivity index (χ3v) is 3.64. The Morgan fingerprint density at radius 3 is 2.35 bits per heavy atom. The van der Waals surface area contributed by atoms with E-state index in [2.05, 4.69) is 5.32 Å². The lowest BCUT2D eigenvalue weighted by Gasteiger charge is -2.20. The van der Waals surface area contributed by atoms with Crippen LogP contribution in [-0.4, -0.2) is 19.2 Å². The number of nitrogens with one attached hydrogen (secondary N) is 1. The van der Waals surface area contributed by atoms with E-state index in [9.17, 15) is 5.11 Å². The largest absolute Gasteiger partial charge is 0.508 e. The summed E-state index contributed by atoms with van der Waals surface area (Å²) >= 11 is 12.3. The molecule has 0 saturated heterocycles. The normalized spacial score (nSPS) is 10.4. The number of hydrogen-bond donors (Lipinski definition) is 2. The fourth-order valence-electron chi connectivity index (χ4n) is 2.02. The van der Waals surface area contributed by atoms with Crippen molar-refractivity contribution in [3.8, 4) is 5.75 Å². The lowest BCUT2D eigenvalue weighted by molar-refractivity contribution is 0.469. The monoisotopic (exact) mass is 310 g/mol. The number of phenols is 1. The number of rotatable bonds is 4. The molecule has 2 aromatic carbocycles. The molecule has 3 nitrogen and oxygen atoms in total. The van der Waals surface area contributed by atoms with Crippen molar-refractivity contribution >= 4 is 34.6 Å². The lowest BCUT2D eigenvalue weighted by Crippen LogP contribution is -2.13. The number of hydrogen-bond acceptors (Lipinski definition) is 3. The van der Waals surface area contributed by atoms with E-state index >= 15 is 0 Å². The summed E-state index contributed by atoms with van der Waals surface area (Å²) in [5.41, 5.74) is 2.46. The fraction of sp³-hybridized carbons (Fsp3) is 0.200. The van der Waals surface area contributed by atoms with Gasteiger partial charge in [0.15, 0.2) is 0 Å². The van der Waals surface area contributed by atoms with Crippen LogP contribution in [0.3, 0.4) is 0 Å². The van der Waals surface area contributed by atoms with Gasteiger partial charge in [0.05, 0.1) is 16.4 Å². The number of phenolic OH excluding ortho intramolecular Hbond substituents is 1. The zero-order chi connectivity index (χ0) is 14.7. The van der Waals surface area contributed by atoms with E-state index in [1.54, 1.807) is 18.2 Å². The molecule has 2 aromatic rings. The molecule has 0 bridgehead atoms. The summed E-state index contributed by atoms with van der Waals surface area (Å²) in [6, 6.07) is 10.7. The Kier molecular flexibility index (Phi) is 4.63. The second-order valence-electron chi connectivity index (χ2n) is 4.62. The SMILES string of the molecule is CN(C)c1c(Cl)cccc1NCc1c(O)cccc1Cl. The minimum atomic E-state index is 0.179. The van der Waals surface area contributed by atoms with Gasteiger partial charge in [0.1, 0.15) is 5.75 Å². The summed E-state index contributed by atoms with van der Waals surface area (Å²) in [5.74, 6) is 0.179. The maximum Gasteiger partial charge on any atom is 0.122 e. The van der Waals surface area contributed by atoms with Crippen molar-refractivity contribution in [2.75, 3.05) is 24.3 Å². The van der Waals surface area contributed by atoms with Crippen molar-refractivity contribution < 1.29 is 5.11 Å². The van der Waals surface area contributed by atoms with E-state index in [1.807, 2.05) is 37.2 Å². The van der Waals surface area contributed by atoms with Gasteiger partial charge in [0.2, 0.25) is 0 Å². The van der Waals surface area contributed by atoms with Gasteiger partial charge >= 0.3 is 0 Å². The van der Waals surface area contributed by atoms with Gasteiger partial charge in [-0.15, -0.1) is 0 Å². The van der Waals surface area contributed by atoms with Crippen LogP contribution in [0, 0.1) is 0 Å². The van der Waals surface area contributed by atoms with E-state index in [0.717, 1.165) is 11.4 Å². The molecule has 0 fully saturated rings. The van der Waals surface area contributed by atoms with Crippen molar-refractivity contribution in [3.63, 3.8) is 0 Å². The molecule has 5 heteroatoms. The third-order valence-electron chi connectivity index (χ3n) is 2.98. The first-order valence-electron chi connectivity index (χ1n) is 6.16. The predicted molar refractivity (Wildman–Crippen MR) is 86.2 cm³/mol. The molecule has 0 aliphatic carbocycles. The molecule has 20 heavy (non-hydrogen) atoms. The van der Waals surface area contributed by atoms with Crippen molar-refractivity contribution in [1.29, 1.82) is 0 Å². The number of halogens is 2. The molecule has 0 saturated carbocycles. The van der Waals surface area contributed by atoms with Crippen LogP contribution in [0.15, 0.2) is 36.4 Å². The number of benzene rings is 2. The quantitative estimate of drug-likeness (QED) is 0.880. The third kappa shape index (κ3) is 3.11. The standard InChI is InChI=1S/C15H16Cl2N2O/c1-19(2)15-12(17)6-3-7-13(15)18-9-10-11(16)5-4-8-14(10)20/h3-8,18,20H,9H2,1-2H3. The molecule has 0 amide bonds. The van der Waals surface area contributed by atoms with Crippen molar-refractivity contribution in [3.05, 3.63) is 52.0 Å². The van der Waals surface area contributed by atoms with E-state index in [0.29, 0.717) is 22.2 Å². The Labute approximate surface area is 128 Å². The molecular formula is C15H16Cl2N2O. The van der Waals surface area contributed by atoms with Crippen LogP contribution in [0.25, 0.3) is 0 Å². The predicted octanol–water partition coefficient (Wildman–Crippen LogP) is 4.38. The maximum atomic E-state index is 9.84. The zero-order valence-electron chi connectivity index (χ0n) is 11.3. The number of aromatic hydroxyl groups is 1. The molecule has 106 valence electrons. The second-order valence-corrected chi connectivity index (χ2v) is 5.44. The average Bonchev–Trinajstić information content (AvgIpc) is 2.37. The molecule has 0 atom stereocenters. The molecular weight excluding hydrogens is 295 g/mol. The highest BCUT2D eigenvalue weighted by Crippen LogP contribution is 2.34. The second kappa shape index (κ2) is 6.25. The van der Waals surface area contributed by atoms with Gasteiger partial charge in [-0.25, -0.2) is 0 Å². The zero-order valence-corrected chi connectivity index (χ0v) is 12.8. The van der Waals surface area contributed by atoms with Gasteiger partial charge in [-0.3, -0.25) is 0 Å². The Hall–Kier alpha value is -1.58. The number of nitrogens with zero attached hydrogens (tertiary/aromatic N) is 1. The molecule has 0 aliphatic rings. The van der Waals surface area contributed by atoms with Crippen LogP contribution in [0.2, 0.25) is 10.0 Å². The van der Waals surface area contributed by atoms with E-state index < -0.39 is 0 Å². The minimum absolute atomic E-state index is 0.179. The van der Waals surface area contributed by atoms with Gasteiger partial charge in [-0.05, 0) is 24.3 Å². The van der Waals surface area contributed by atoms with Gasteiger partial charge in [-0.2, -0.15) is 0 Å². The first-order chi connectivity index (χ1) is 9.50. The summed E-state index contributed by atoms with van der Waals surface area (Å²) in [6.07, 6.45) is 0. The molecule has 0 aliphatic heterocycles. The molecule has 0 heterocycles. The molecule has 0 radical (unpaired) electrons. The van der Waals surface area contributed by atoms with Crippen LogP contribution in [0.1, 0.15) is 5.56 Å². The molecule has 0 unspecified atom stereocenters. The van der Waals surface area contributed by atoms with Crippen LogP contribution in [0.5, 0.6) is 5.75 Å². The van der Waals surface area contributed by atoms with E-state index in [4.69, 9.17) is 23.2 Å². The highest BCUT2D eigenvalue weighted by atomic mass is 35.5. The lowest BCUT2D eigenvalue weighted by atomic mass is 10.2. The van der Waals surface area contributed by atoms with Crippen LogP contribution in [0.4, 0.5) is 11.4 Å². The minimum Gasteiger partial charge on any atom is -0.508 e. The van der Waals surface area contributed by atoms with Crippen molar-refractivity contribution in [1.82, 2.24) is 0 Å².